The lowest BCUT2D eigenvalue weighted by atomic mass is 10.0. The van der Waals surface area contributed by atoms with Crippen LogP contribution in [-0.2, 0) is 28.0 Å². The van der Waals surface area contributed by atoms with Gasteiger partial charge in [0, 0.05) is 44.4 Å². The summed E-state index contributed by atoms with van der Waals surface area (Å²) in [6.07, 6.45) is 1.04. The minimum atomic E-state index is -3.54. The van der Waals surface area contributed by atoms with Crippen molar-refractivity contribution in [3.05, 3.63) is 46.1 Å². The van der Waals surface area contributed by atoms with Crippen LogP contribution in [0, 0.1) is 20.8 Å². The molecule has 0 unspecified atom stereocenters. The van der Waals surface area contributed by atoms with E-state index in [0.29, 0.717) is 26.2 Å². The van der Waals surface area contributed by atoms with Crippen molar-refractivity contribution in [2.24, 2.45) is 7.05 Å². The molecule has 0 spiro atoms. The van der Waals surface area contributed by atoms with Gasteiger partial charge in [-0.25, -0.2) is 0 Å². The molecule has 1 aliphatic heterocycles. The van der Waals surface area contributed by atoms with Crippen molar-refractivity contribution >= 4 is 21.8 Å². The van der Waals surface area contributed by atoms with Gasteiger partial charge in [-0.3, -0.25) is 13.7 Å². The lowest BCUT2D eigenvalue weighted by molar-refractivity contribution is 0.0745. The van der Waals surface area contributed by atoms with Crippen LogP contribution < -0.4 is 4.90 Å². The molecule has 1 aromatic carbocycles. The van der Waals surface area contributed by atoms with E-state index in [1.807, 2.05) is 50.9 Å². The lowest BCUT2D eigenvalue weighted by Gasteiger charge is -2.36. The smallest absolute Gasteiger partial charge is 0.264 e. The standard InChI is InChI=1S/C20H28N4O4S/c1-14-6-7-15(2)17(12-14)20(25)24-10-8-23(9-11-24)19-18(13-28-29(5,26)27)16(3)21-22(19)4/h6-7,12H,8-11,13H2,1-5H3. The molecular formula is C20H28N4O4S. The van der Waals surface area contributed by atoms with E-state index in [1.165, 1.54) is 0 Å². The van der Waals surface area contributed by atoms with Crippen LogP contribution in [0.5, 0.6) is 0 Å². The van der Waals surface area contributed by atoms with Crippen LogP contribution in [0.15, 0.2) is 18.2 Å². The first kappa shape index (κ1) is 21.3. The minimum absolute atomic E-state index is 0.0462. The van der Waals surface area contributed by atoms with Crippen LogP contribution >= 0.6 is 0 Å². The van der Waals surface area contributed by atoms with Crippen LogP contribution in [0.1, 0.15) is 32.7 Å². The molecule has 1 amide bonds. The fourth-order valence-electron chi connectivity index (χ4n) is 3.68. The molecule has 1 aromatic heterocycles. The van der Waals surface area contributed by atoms with E-state index in [9.17, 15) is 13.2 Å². The Morgan fingerprint density at radius 2 is 1.79 bits per heavy atom. The highest BCUT2D eigenvalue weighted by molar-refractivity contribution is 7.85. The second-order valence-electron chi connectivity index (χ2n) is 7.58. The highest BCUT2D eigenvalue weighted by Crippen LogP contribution is 2.26. The van der Waals surface area contributed by atoms with Gasteiger partial charge in [0.2, 0.25) is 0 Å². The van der Waals surface area contributed by atoms with Crippen LogP contribution in [0.2, 0.25) is 0 Å². The second kappa shape index (κ2) is 8.16. The molecular weight excluding hydrogens is 392 g/mol. The summed E-state index contributed by atoms with van der Waals surface area (Å²) in [6, 6.07) is 5.93. The maximum atomic E-state index is 13.0. The number of benzene rings is 1. The Kier molecular flexibility index (Phi) is 6.00. The van der Waals surface area contributed by atoms with E-state index in [1.54, 1.807) is 4.68 Å². The molecule has 0 atom stereocenters. The maximum absolute atomic E-state index is 13.0. The molecule has 2 aromatic rings. The van der Waals surface area contributed by atoms with E-state index in [-0.39, 0.29) is 12.5 Å². The molecule has 29 heavy (non-hydrogen) atoms. The van der Waals surface area contributed by atoms with E-state index < -0.39 is 10.1 Å². The van der Waals surface area contributed by atoms with Gasteiger partial charge in [-0.15, -0.1) is 0 Å². The molecule has 3 rings (SSSR count). The maximum Gasteiger partial charge on any atom is 0.264 e. The van der Waals surface area contributed by atoms with Gasteiger partial charge >= 0.3 is 0 Å². The third-order valence-electron chi connectivity index (χ3n) is 5.22. The Morgan fingerprint density at radius 1 is 1.14 bits per heavy atom. The Hall–Kier alpha value is -2.39. The van der Waals surface area contributed by atoms with E-state index >= 15 is 0 Å². The first-order valence-corrected chi connectivity index (χ1v) is 11.4. The van der Waals surface area contributed by atoms with Gasteiger partial charge < -0.3 is 9.80 Å². The van der Waals surface area contributed by atoms with Gasteiger partial charge in [-0.05, 0) is 32.4 Å². The molecule has 158 valence electrons. The molecule has 1 aliphatic rings. The topological polar surface area (TPSA) is 84.7 Å². The number of carbonyl (C=O) groups is 1. The molecule has 9 heteroatoms. The number of hydrogen-bond acceptors (Lipinski definition) is 6. The second-order valence-corrected chi connectivity index (χ2v) is 9.22. The third kappa shape index (κ3) is 4.79. The van der Waals surface area contributed by atoms with Gasteiger partial charge in [-0.2, -0.15) is 13.5 Å². The summed E-state index contributed by atoms with van der Waals surface area (Å²) < 4.78 is 29.6. The van der Waals surface area contributed by atoms with Crippen molar-refractivity contribution in [3.63, 3.8) is 0 Å². The number of nitrogens with zero attached hydrogens (tertiary/aromatic N) is 4. The lowest BCUT2D eigenvalue weighted by Crippen LogP contribution is -2.49. The number of amides is 1. The summed E-state index contributed by atoms with van der Waals surface area (Å²) in [5, 5.41) is 4.43. The van der Waals surface area contributed by atoms with Gasteiger partial charge in [0.15, 0.2) is 0 Å². The molecule has 2 heterocycles. The summed E-state index contributed by atoms with van der Waals surface area (Å²) in [6.45, 7) is 8.18. The average molecular weight is 421 g/mol. The number of rotatable bonds is 5. The van der Waals surface area contributed by atoms with Crippen molar-refractivity contribution < 1.29 is 17.4 Å². The Balaban J connectivity index is 1.74. The number of piperazine rings is 1. The fourth-order valence-corrected chi connectivity index (χ4v) is 4.01. The predicted octanol–water partition coefficient (Wildman–Crippen LogP) is 1.78. The summed E-state index contributed by atoms with van der Waals surface area (Å²) in [7, 11) is -1.71. The molecule has 0 bridgehead atoms. The zero-order valence-electron chi connectivity index (χ0n) is 17.6. The van der Waals surface area contributed by atoms with Crippen LogP contribution in [0.3, 0.4) is 0 Å². The van der Waals surface area contributed by atoms with Gasteiger partial charge in [0.1, 0.15) is 5.82 Å². The van der Waals surface area contributed by atoms with Gasteiger partial charge in [0.05, 0.1) is 18.6 Å². The van der Waals surface area contributed by atoms with Crippen molar-refractivity contribution in [1.29, 1.82) is 0 Å². The Bertz CT molecular complexity index is 1020. The van der Waals surface area contributed by atoms with Gasteiger partial charge in [0.25, 0.3) is 16.0 Å². The van der Waals surface area contributed by atoms with Crippen molar-refractivity contribution in [2.45, 2.75) is 27.4 Å². The van der Waals surface area contributed by atoms with Crippen molar-refractivity contribution in [1.82, 2.24) is 14.7 Å². The highest BCUT2D eigenvalue weighted by Gasteiger charge is 2.27. The SMILES string of the molecule is Cc1ccc(C)c(C(=O)N2CCN(c3c(COS(C)(=O)=O)c(C)nn3C)CC2)c1. The molecule has 0 N–H and O–H groups in total. The van der Waals surface area contributed by atoms with Crippen LogP contribution in [0.25, 0.3) is 0 Å². The minimum Gasteiger partial charge on any atom is -0.353 e. The molecule has 0 radical (unpaired) electrons. The summed E-state index contributed by atoms with van der Waals surface area (Å²) >= 11 is 0. The van der Waals surface area contributed by atoms with Crippen molar-refractivity contribution in [3.8, 4) is 0 Å². The summed E-state index contributed by atoms with van der Waals surface area (Å²) in [4.78, 5) is 17.0. The molecule has 0 saturated carbocycles. The van der Waals surface area contributed by atoms with E-state index in [4.69, 9.17) is 4.18 Å². The third-order valence-corrected chi connectivity index (χ3v) is 5.77. The first-order chi connectivity index (χ1) is 13.6. The number of hydrogen-bond donors (Lipinski definition) is 0. The molecule has 8 nitrogen and oxygen atoms in total. The number of carbonyl (C=O) groups excluding carboxylic acids is 1. The molecule has 1 fully saturated rings. The Labute approximate surface area is 172 Å². The number of aryl methyl sites for hydroxylation is 4. The zero-order chi connectivity index (χ0) is 21.3. The van der Waals surface area contributed by atoms with Crippen molar-refractivity contribution in [2.75, 3.05) is 37.3 Å². The molecule has 1 saturated heterocycles. The van der Waals surface area contributed by atoms with E-state index in [2.05, 4.69) is 10.00 Å². The quantitative estimate of drug-likeness (QED) is 0.686. The fraction of sp³-hybridized carbons (Fsp3) is 0.500. The first-order valence-electron chi connectivity index (χ1n) is 9.55. The summed E-state index contributed by atoms with van der Waals surface area (Å²) in [5.41, 5.74) is 4.29. The van der Waals surface area contributed by atoms with E-state index in [0.717, 1.165) is 40.0 Å². The molecule has 0 aliphatic carbocycles. The number of aromatic nitrogens is 2. The monoisotopic (exact) mass is 420 g/mol. The average Bonchev–Trinajstić information content (AvgIpc) is 2.94. The zero-order valence-corrected chi connectivity index (χ0v) is 18.4. The predicted molar refractivity (Wildman–Crippen MR) is 112 cm³/mol. The number of anilines is 1. The normalized spacial score (nSPS) is 15.1. The Morgan fingerprint density at radius 3 is 2.41 bits per heavy atom. The summed E-state index contributed by atoms with van der Waals surface area (Å²) in [5.74, 6) is 0.887. The van der Waals surface area contributed by atoms with Crippen LogP contribution in [0.4, 0.5) is 5.82 Å². The highest BCUT2D eigenvalue weighted by atomic mass is 32.2. The largest absolute Gasteiger partial charge is 0.353 e. The van der Waals surface area contributed by atoms with Crippen LogP contribution in [-0.4, -0.2) is 61.4 Å². The van der Waals surface area contributed by atoms with Gasteiger partial charge in [-0.1, -0.05) is 17.7 Å².